The van der Waals surface area contributed by atoms with Crippen LogP contribution in [-0.4, -0.2) is 36.7 Å². The van der Waals surface area contributed by atoms with Gasteiger partial charge in [-0.05, 0) is 62.1 Å². The van der Waals surface area contributed by atoms with Gasteiger partial charge >= 0.3 is 0 Å². The van der Waals surface area contributed by atoms with Gasteiger partial charge in [0.05, 0.1) is 25.7 Å². The minimum Gasteiger partial charge on any atom is -0.298 e. The van der Waals surface area contributed by atoms with E-state index in [1.165, 1.54) is 33.8 Å². The molecule has 2 heterocycles. The van der Waals surface area contributed by atoms with Crippen molar-refractivity contribution in [3.05, 3.63) is 52.0 Å². The summed E-state index contributed by atoms with van der Waals surface area (Å²) in [5.41, 5.74) is 3.12. The van der Waals surface area contributed by atoms with Crippen LogP contribution in [0.25, 0.3) is 10.2 Å². The minimum absolute atomic E-state index is 0.0784. The molecule has 0 saturated carbocycles. The summed E-state index contributed by atoms with van der Waals surface area (Å²) in [5, 5.41) is 3.41. The SMILES string of the molecule is Cc1cc(C)c2nc(NC(=O)c3cc(S(=O)(=O)N4CCCCC4)ccc3Cl)sc2c1. The third-order valence-electron chi connectivity index (χ3n) is 5.19. The highest BCUT2D eigenvalue weighted by Crippen LogP contribution is 2.31. The number of hydrogen-bond donors (Lipinski definition) is 1. The summed E-state index contributed by atoms with van der Waals surface area (Å²) in [6.07, 6.45) is 2.72. The summed E-state index contributed by atoms with van der Waals surface area (Å²) in [6, 6.07) is 8.32. The lowest BCUT2D eigenvalue weighted by molar-refractivity contribution is 0.102. The molecule has 4 rings (SSSR count). The Bertz CT molecular complexity index is 1230. The largest absolute Gasteiger partial charge is 0.298 e. The van der Waals surface area contributed by atoms with Gasteiger partial charge < -0.3 is 0 Å². The van der Waals surface area contributed by atoms with E-state index in [0.717, 1.165) is 40.6 Å². The average molecular weight is 464 g/mol. The van der Waals surface area contributed by atoms with E-state index in [1.807, 2.05) is 26.0 Å². The van der Waals surface area contributed by atoms with Crippen LogP contribution in [0.5, 0.6) is 0 Å². The highest BCUT2D eigenvalue weighted by molar-refractivity contribution is 7.89. The molecule has 0 radical (unpaired) electrons. The van der Waals surface area contributed by atoms with Crippen molar-refractivity contribution in [3.63, 3.8) is 0 Å². The number of carbonyl (C=O) groups is 1. The molecule has 0 bridgehead atoms. The number of fused-ring (bicyclic) bond motifs is 1. The van der Waals surface area contributed by atoms with Crippen molar-refractivity contribution in [2.45, 2.75) is 38.0 Å². The van der Waals surface area contributed by atoms with E-state index >= 15 is 0 Å². The maximum absolute atomic E-state index is 13.0. The van der Waals surface area contributed by atoms with Crippen molar-refractivity contribution in [1.29, 1.82) is 0 Å². The second-order valence-corrected chi connectivity index (χ2v) is 10.9. The number of aryl methyl sites for hydroxylation is 2. The predicted molar refractivity (Wildman–Crippen MR) is 121 cm³/mol. The molecule has 2 aromatic carbocycles. The van der Waals surface area contributed by atoms with Crippen LogP contribution in [-0.2, 0) is 10.0 Å². The van der Waals surface area contributed by atoms with E-state index in [4.69, 9.17) is 11.6 Å². The van der Waals surface area contributed by atoms with Crippen molar-refractivity contribution in [1.82, 2.24) is 9.29 Å². The van der Waals surface area contributed by atoms with Gasteiger partial charge in [-0.2, -0.15) is 4.31 Å². The molecule has 0 unspecified atom stereocenters. The van der Waals surface area contributed by atoms with Crippen molar-refractivity contribution in [3.8, 4) is 0 Å². The number of rotatable bonds is 4. The molecule has 1 aliphatic heterocycles. The van der Waals surface area contributed by atoms with Crippen molar-refractivity contribution < 1.29 is 13.2 Å². The maximum atomic E-state index is 13.0. The van der Waals surface area contributed by atoms with Gasteiger partial charge in [0.15, 0.2) is 5.13 Å². The molecule has 1 N–H and O–H groups in total. The Morgan fingerprint density at radius 3 is 2.60 bits per heavy atom. The first-order valence-corrected chi connectivity index (χ1v) is 12.4. The first kappa shape index (κ1) is 21.2. The Labute approximate surface area is 184 Å². The number of benzene rings is 2. The van der Waals surface area contributed by atoms with Gasteiger partial charge in [-0.3, -0.25) is 10.1 Å². The lowest BCUT2D eigenvalue weighted by atomic mass is 10.1. The molecule has 0 aliphatic carbocycles. The van der Waals surface area contributed by atoms with E-state index in [9.17, 15) is 13.2 Å². The zero-order chi connectivity index (χ0) is 21.5. The Balaban J connectivity index is 1.63. The van der Waals surface area contributed by atoms with Crippen LogP contribution in [0, 0.1) is 13.8 Å². The standard InChI is InChI=1S/C21H22ClN3O3S2/c1-13-10-14(2)19-18(11-13)29-21(23-19)24-20(26)16-12-15(6-7-17(16)22)30(27,28)25-8-4-3-5-9-25/h6-7,10-12H,3-5,8-9H2,1-2H3,(H,23,24,26). The highest BCUT2D eigenvalue weighted by Gasteiger charge is 2.27. The fraction of sp³-hybridized carbons (Fsp3) is 0.333. The summed E-state index contributed by atoms with van der Waals surface area (Å²) < 4.78 is 28.4. The number of aromatic nitrogens is 1. The molecular weight excluding hydrogens is 442 g/mol. The summed E-state index contributed by atoms with van der Waals surface area (Å²) >= 11 is 7.61. The Hall–Kier alpha value is -2.00. The van der Waals surface area contributed by atoms with Crippen molar-refractivity contribution in [2.75, 3.05) is 18.4 Å². The Morgan fingerprint density at radius 1 is 1.13 bits per heavy atom. The van der Waals surface area contributed by atoms with Gasteiger partial charge in [0.1, 0.15) is 0 Å². The quantitative estimate of drug-likeness (QED) is 0.590. The van der Waals surface area contributed by atoms with Crippen LogP contribution < -0.4 is 5.32 Å². The number of carbonyl (C=O) groups excluding carboxylic acids is 1. The van der Waals surface area contributed by atoms with E-state index in [0.29, 0.717) is 18.2 Å². The van der Waals surface area contributed by atoms with Crippen LogP contribution in [0.3, 0.4) is 0 Å². The van der Waals surface area contributed by atoms with Gasteiger partial charge in [0.25, 0.3) is 5.91 Å². The number of hydrogen-bond acceptors (Lipinski definition) is 5. The number of sulfonamides is 1. The molecule has 1 aromatic heterocycles. The monoisotopic (exact) mass is 463 g/mol. The number of amides is 1. The molecule has 158 valence electrons. The number of thiazole rings is 1. The summed E-state index contributed by atoms with van der Waals surface area (Å²) in [6.45, 7) is 4.98. The third-order valence-corrected chi connectivity index (χ3v) is 8.33. The van der Waals surface area contributed by atoms with Crippen LogP contribution >= 0.6 is 22.9 Å². The first-order valence-electron chi connectivity index (χ1n) is 9.74. The number of nitrogens with one attached hydrogen (secondary N) is 1. The predicted octanol–water partition coefficient (Wildman–Crippen LogP) is 4.99. The Morgan fingerprint density at radius 2 is 1.87 bits per heavy atom. The van der Waals surface area contributed by atoms with Gasteiger partial charge in [-0.15, -0.1) is 0 Å². The second-order valence-electron chi connectivity index (χ2n) is 7.51. The Kier molecular flexibility index (Phi) is 5.85. The van der Waals surface area contributed by atoms with Crippen LogP contribution in [0.4, 0.5) is 5.13 Å². The van der Waals surface area contributed by atoms with Gasteiger partial charge in [0, 0.05) is 13.1 Å². The molecule has 1 saturated heterocycles. The average Bonchev–Trinajstić information content (AvgIpc) is 3.11. The lowest BCUT2D eigenvalue weighted by Gasteiger charge is -2.26. The van der Waals surface area contributed by atoms with E-state index in [-0.39, 0.29) is 15.5 Å². The molecule has 0 atom stereocenters. The molecule has 0 spiro atoms. The van der Waals surface area contributed by atoms with Crippen molar-refractivity contribution >= 4 is 54.2 Å². The van der Waals surface area contributed by atoms with E-state index in [2.05, 4.69) is 10.3 Å². The smallest absolute Gasteiger partial charge is 0.259 e. The second kappa shape index (κ2) is 8.26. The number of halogens is 1. The molecule has 6 nitrogen and oxygen atoms in total. The maximum Gasteiger partial charge on any atom is 0.259 e. The normalized spacial score (nSPS) is 15.4. The molecule has 1 fully saturated rings. The molecule has 3 aromatic rings. The zero-order valence-corrected chi connectivity index (χ0v) is 19.1. The summed E-state index contributed by atoms with van der Waals surface area (Å²) in [5.74, 6) is -0.482. The molecule has 30 heavy (non-hydrogen) atoms. The van der Waals surface area contributed by atoms with E-state index in [1.54, 1.807) is 0 Å². The molecule has 9 heteroatoms. The van der Waals surface area contributed by atoms with Crippen LogP contribution in [0.15, 0.2) is 35.2 Å². The molecular formula is C21H22ClN3O3S2. The molecule has 1 amide bonds. The molecule has 1 aliphatic rings. The summed E-state index contributed by atoms with van der Waals surface area (Å²) in [4.78, 5) is 17.5. The van der Waals surface area contributed by atoms with Crippen LogP contribution in [0.1, 0.15) is 40.7 Å². The number of anilines is 1. The lowest BCUT2D eigenvalue weighted by Crippen LogP contribution is -2.35. The summed E-state index contributed by atoms with van der Waals surface area (Å²) in [7, 11) is -3.66. The highest BCUT2D eigenvalue weighted by atomic mass is 35.5. The van der Waals surface area contributed by atoms with Gasteiger partial charge in [-0.25, -0.2) is 13.4 Å². The van der Waals surface area contributed by atoms with E-state index < -0.39 is 15.9 Å². The number of piperidine rings is 1. The zero-order valence-electron chi connectivity index (χ0n) is 16.7. The fourth-order valence-corrected chi connectivity index (χ4v) is 6.47. The first-order chi connectivity index (χ1) is 14.3. The topological polar surface area (TPSA) is 79.4 Å². The third kappa shape index (κ3) is 4.09. The fourth-order valence-electron chi connectivity index (χ4n) is 3.68. The number of nitrogens with zero attached hydrogens (tertiary/aromatic N) is 2. The van der Waals surface area contributed by atoms with Gasteiger partial charge in [-0.1, -0.05) is 35.4 Å². The van der Waals surface area contributed by atoms with Crippen molar-refractivity contribution in [2.24, 2.45) is 0 Å². The van der Waals surface area contributed by atoms with Gasteiger partial charge in [0.2, 0.25) is 10.0 Å². The minimum atomic E-state index is -3.66. The van der Waals surface area contributed by atoms with Crippen LogP contribution in [0.2, 0.25) is 5.02 Å².